The number of hydrogen-bond donors (Lipinski definition) is 0. The molecule has 0 spiro atoms. The van der Waals surface area contributed by atoms with Gasteiger partial charge in [-0.2, -0.15) is 0 Å². The van der Waals surface area contributed by atoms with E-state index in [2.05, 4.69) is 90.4 Å². The van der Waals surface area contributed by atoms with Crippen molar-refractivity contribution in [2.45, 2.75) is 3.42 Å². The number of halogens is 4. The molecule has 0 bridgehead atoms. The molecule has 0 heterocycles. The lowest BCUT2D eigenvalue weighted by Crippen LogP contribution is -2.25. The molecule has 50 valence electrons. The van der Waals surface area contributed by atoms with Gasteiger partial charge in [-0.1, -0.05) is 90.4 Å². The van der Waals surface area contributed by atoms with E-state index in [9.17, 15) is 0 Å². The highest BCUT2D eigenvalue weighted by Crippen LogP contribution is 2.26. The molecule has 0 radical (unpaired) electrons. The van der Waals surface area contributed by atoms with Crippen LogP contribution in [-0.4, -0.2) is 16.7 Å². The summed E-state index contributed by atoms with van der Waals surface area (Å²) in [6.07, 6.45) is 0. The second-order valence-electron chi connectivity index (χ2n) is 1.55. The molecule has 0 nitrogen and oxygen atoms in total. The highest BCUT2D eigenvalue weighted by atomic mass is 127. The van der Waals surface area contributed by atoms with Crippen molar-refractivity contribution < 1.29 is 0 Å². The van der Waals surface area contributed by atoms with Gasteiger partial charge in [0, 0.05) is 16.7 Å². The SMILES string of the molecule is ICC(I)(CI)CI. The first-order valence-electron chi connectivity index (χ1n) is 2.05. The van der Waals surface area contributed by atoms with Crippen molar-refractivity contribution in [1.29, 1.82) is 0 Å². The van der Waals surface area contributed by atoms with Crippen molar-refractivity contribution in [1.82, 2.24) is 0 Å². The molecule has 0 fully saturated rings. The third-order valence-corrected chi connectivity index (χ3v) is 10.6. The van der Waals surface area contributed by atoms with Gasteiger partial charge in [0.1, 0.15) is 0 Å². The van der Waals surface area contributed by atoms with E-state index in [1.807, 2.05) is 0 Å². The predicted octanol–water partition coefficient (Wildman–Crippen LogP) is 3.47. The van der Waals surface area contributed by atoms with Crippen LogP contribution in [0.2, 0.25) is 0 Å². The Labute approximate surface area is 105 Å². The fourth-order valence-electron chi connectivity index (χ4n) is 0.107. The smallest absolute Gasteiger partial charge is 0.0489 e. The summed E-state index contributed by atoms with van der Waals surface area (Å²) in [4.78, 5) is 0. The van der Waals surface area contributed by atoms with Crippen LogP contribution < -0.4 is 0 Å². The Morgan fingerprint density at radius 3 is 1.12 bits per heavy atom. The van der Waals surface area contributed by atoms with Crippen LogP contribution in [0.4, 0.5) is 0 Å². The van der Waals surface area contributed by atoms with Crippen LogP contribution in [0, 0.1) is 0 Å². The van der Waals surface area contributed by atoms with E-state index in [1.54, 1.807) is 0 Å². The summed E-state index contributed by atoms with van der Waals surface area (Å²) in [5, 5.41) is 0. The summed E-state index contributed by atoms with van der Waals surface area (Å²) in [5.41, 5.74) is 0. The highest BCUT2D eigenvalue weighted by Gasteiger charge is 2.21. The lowest BCUT2D eigenvalue weighted by Gasteiger charge is -2.18. The van der Waals surface area contributed by atoms with E-state index in [-0.39, 0.29) is 0 Å². The largest absolute Gasteiger partial charge is 0.0849 e. The van der Waals surface area contributed by atoms with Gasteiger partial charge >= 0.3 is 0 Å². The lowest BCUT2D eigenvalue weighted by atomic mass is 10.3. The molecule has 0 aromatic carbocycles. The molecular weight excluding hydrogens is 556 g/mol. The summed E-state index contributed by atoms with van der Waals surface area (Å²) in [7, 11) is 0. The maximum absolute atomic E-state index is 2.54. The van der Waals surface area contributed by atoms with Crippen molar-refractivity contribution >= 4 is 90.4 Å². The van der Waals surface area contributed by atoms with E-state index in [0.717, 1.165) is 0 Å². The van der Waals surface area contributed by atoms with Gasteiger partial charge in [-0.25, -0.2) is 0 Å². The van der Waals surface area contributed by atoms with E-state index < -0.39 is 0 Å². The van der Waals surface area contributed by atoms with E-state index in [4.69, 9.17) is 0 Å². The molecule has 0 saturated carbocycles. The standard InChI is InChI=1S/C4H6I4/c5-1-4(8,2-6)3-7/h1-3H2. The van der Waals surface area contributed by atoms with Crippen LogP contribution >= 0.6 is 90.4 Å². The Kier molecular flexibility index (Phi) is 7.58. The van der Waals surface area contributed by atoms with Crippen molar-refractivity contribution in [3.63, 3.8) is 0 Å². The molecule has 0 amide bonds. The summed E-state index contributed by atoms with van der Waals surface area (Å²) in [6, 6.07) is 0. The fraction of sp³-hybridized carbons (Fsp3) is 1.00. The Balaban J connectivity index is 3.58. The lowest BCUT2D eigenvalue weighted by molar-refractivity contribution is 0.935. The molecule has 0 aromatic heterocycles. The third-order valence-electron chi connectivity index (χ3n) is 0.718. The molecule has 8 heavy (non-hydrogen) atoms. The molecule has 0 atom stereocenters. The molecule has 0 aliphatic heterocycles. The Hall–Kier alpha value is 2.92. The minimum Gasteiger partial charge on any atom is -0.0849 e. The number of hydrogen-bond acceptors (Lipinski definition) is 0. The Morgan fingerprint density at radius 2 is 1.12 bits per heavy atom. The van der Waals surface area contributed by atoms with Crippen LogP contribution in [0.1, 0.15) is 0 Å². The van der Waals surface area contributed by atoms with Crippen LogP contribution in [0.15, 0.2) is 0 Å². The third kappa shape index (κ3) is 3.94. The molecule has 0 saturated heterocycles. The van der Waals surface area contributed by atoms with Gasteiger partial charge in [-0.05, 0) is 0 Å². The molecule has 0 N–H and O–H groups in total. The first-order chi connectivity index (χ1) is 3.68. The molecule has 0 aliphatic rings. The van der Waals surface area contributed by atoms with Crippen molar-refractivity contribution in [3.05, 3.63) is 0 Å². The zero-order valence-electron chi connectivity index (χ0n) is 4.13. The second kappa shape index (κ2) is 5.56. The first kappa shape index (κ1) is 10.9. The van der Waals surface area contributed by atoms with Gasteiger partial charge in [-0.15, -0.1) is 0 Å². The average Bonchev–Trinajstić information content (AvgIpc) is 1.87. The number of rotatable bonds is 3. The van der Waals surface area contributed by atoms with Crippen molar-refractivity contribution in [2.24, 2.45) is 0 Å². The zero-order valence-corrected chi connectivity index (χ0v) is 12.8. The molecule has 0 aliphatic carbocycles. The van der Waals surface area contributed by atoms with E-state index >= 15 is 0 Å². The van der Waals surface area contributed by atoms with Crippen LogP contribution in [0.5, 0.6) is 0 Å². The summed E-state index contributed by atoms with van der Waals surface area (Å²) >= 11 is 9.89. The Morgan fingerprint density at radius 1 is 0.875 bits per heavy atom. The molecular formula is C4H6I4. The summed E-state index contributed by atoms with van der Waals surface area (Å²) < 4.78 is 4.34. The maximum atomic E-state index is 2.54. The van der Waals surface area contributed by atoms with Gasteiger partial charge in [0.05, 0.1) is 0 Å². The summed E-state index contributed by atoms with van der Waals surface area (Å²) in [5.74, 6) is 0. The van der Waals surface area contributed by atoms with Gasteiger partial charge in [0.2, 0.25) is 0 Å². The normalized spacial score (nSPS) is 12.0. The van der Waals surface area contributed by atoms with Crippen molar-refractivity contribution in [3.8, 4) is 0 Å². The minimum absolute atomic E-state index is 0.555. The van der Waals surface area contributed by atoms with Crippen molar-refractivity contribution in [2.75, 3.05) is 13.3 Å². The monoisotopic (exact) mass is 562 g/mol. The maximum Gasteiger partial charge on any atom is 0.0489 e. The van der Waals surface area contributed by atoms with Crippen LogP contribution in [0.25, 0.3) is 0 Å². The Bertz CT molecular complexity index is 50.8. The number of alkyl halides is 4. The molecule has 0 rings (SSSR count). The minimum atomic E-state index is 0.555. The molecule has 0 aromatic rings. The average molecular weight is 562 g/mol. The van der Waals surface area contributed by atoms with E-state index in [1.165, 1.54) is 13.3 Å². The topological polar surface area (TPSA) is 0 Å². The first-order valence-corrected chi connectivity index (χ1v) is 7.71. The zero-order chi connectivity index (χ0) is 6.62. The highest BCUT2D eigenvalue weighted by molar-refractivity contribution is 14.1. The fourth-order valence-corrected chi connectivity index (χ4v) is 4.82. The van der Waals surface area contributed by atoms with Crippen LogP contribution in [0.3, 0.4) is 0 Å². The van der Waals surface area contributed by atoms with E-state index in [0.29, 0.717) is 3.42 Å². The van der Waals surface area contributed by atoms with Gasteiger partial charge in [0.15, 0.2) is 0 Å². The van der Waals surface area contributed by atoms with Crippen LogP contribution in [-0.2, 0) is 0 Å². The summed E-state index contributed by atoms with van der Waals surface area (Å²) in [6.45, 7) is 0. The van der Waals surface area contributed by atoms with Gasteiger partial charge in [0.25, 0.3) is 0 Å². The molecule has 0 unspecified atom stereocenters. The predicted molar refractivity (Wildman–Crippen MR) is 73.4 cm³/mol. The molecule has 4 heteroatoms. The quantitative estimate of drug-likeness (QED) is 0.366. The second-order valence-corrected chi connectivity index (χ2v) is 6.13. The van der Waals surface area contributed by atoms with Gasteiger partial charge < -0.3 is 0 Å². The van der Waals surface area contributed by atoms with Gasteiger partial charge in [-0.3, -0.25) is 0 Å².